The average Bonchev–Trinajstić information content (AvgIpc) is 2.90. The summed E-state index contributed by atoms with van der Waals surface area (Å²) in [5.74, 6) is -0.607. The fourth-order valence-corrected chi connectivity index (χ4v) is 4.36. The van der Waals surface area contributed by atoms with Crippen LogP contribution in [0.5, 0.6) is 0 Å². The number of carbonyl (C=O) groups excluding carboxylic acids is 1. The summed E-state index contributed by atoms with van der Waals surface area (Å²) in [5.41, 5.74) is 1.01. The van der Waals surface area contributed by atoms with Gasteiger partial charge in [0.2, 0.25) is 0 Å². The van der Waals surface area contributed by atoms with Crippen LogP contribution in [0.2, 0.25) is 0 Å². The predicted octanol–water partition coefficient (Wildman–Crippen LogP) is 1.23. The van der Waals surface area contributed by atoms with Crippen LogP contribution in [-0.2, 0) is 16.9 Å². The van der Waals surface area contributed by atoms with Gasteiger partial charge in [0.1, 0.15) is 11.5 Å². The Morgan fingerprint density at radius 3 is 2.81 bits per heavy atom. The second-order valence-electron chi connectivity index (χ2n) is 5.37. The van der Waals surface area contributed by atoms with Crippen LogP contribution in [0, 0.1) is 5.82 Å². The first-order valence-electron chi connectivity index (χ1n) is 6.62. The Labute approximate surface area is 121 Å². The number of amides is 1. The Morgan fingerprint density at radius 2 is 2.14 bits per heavy atom. The number of carbonyl (C=O) groups is 1. The maximum absolute atomic E-state index is 13.3. The number of nitrogens with zero attached hydrogens (tertiary/aromatic N) is 1. The second kappa shape index (κ2) is 4.84. The summed E-state index contributed by atoms with van der Waals surface area (Å²) in [7, 11) is -1.35. The SMILES string of the molecule is Cn1c(C(=O)NC2CCS(=O)(=O)C2)cc2ccc(F)cc21. The minimum atomic E-state index is -3.03. The maximum atomic E-state index is 13.3. The van der Waals surface area contributed by atoms with Crippen LogP contribution in [0.1, 0.15) is 16.9 Å². The molecule has 2 aromatic rings. The highest BCUT2D eigenvalue weighted by Crippen LogP contribution is 2.20. The van der Waals surface area contributed by atoms with Crippen molar-refractivity contribution in [2.75, 3.05) is 11.5 Å². The van der Waals surface area contributed by atoms with Crippen molar-refractivity contribution in [1.29, 1.82) is 0 Å². The van der Waals surface area contributed by atoms with E-state index >= 15 is 0 Å². The third kappa shape index (κ3) is 2.65. The number of fused-ring (bicyclic) bond motifs is 1. The van der Waals surface area contributed by atoms with E-state index in [2.05, 4.69) is 5.32 Å². The van der Waals surface area contributed by atoms with Crippen LogP contribution in [0.15, 0.2) is 24.3 Å². The number of halogens is 1. The topological polar surface area (TPSA) is 68.2 Å². The number of hydrogen-bond donors (Lipinski definition) is 1. The Balaban J connectivity index is 1.87. The largest absolute Gasteiger partial charge is 0.347 e. The number of hydrogen-bond acceptors (Lipinski definition) is 3. The predicted molar refractivity (Wildman–Crippen MR) is 77.4 cm³/mol. The molecule has 1 aliphatic rings. The molecule has 112 valence electrons. The van der Waals surface area contributed by atoms with Crippen molar-refractivity contribution in [2.24, 2.45) is 7.05 Å². The normalized spacial score (nSPS) is 20.8. The quantitative estimate of drug-likeness (QED) is 0.907. The van der Waals surface area contributed by atoms with Crippen LogP contribution in [0.4, 0.5) is 4.39 Å². The first-order chi connectivity index (χ1) is 9.85. The second-order valence-corrected chi connectivity index (χ2v) is 7.59. The molecule has 1 atom stereocenters. The number of aromatic nitrogens is 1. The van der Waals surface area contributed by atoms with Gasteiger partial charge in [-0.15, -0.1) is 0 Å². The molecule has 1 aliphatic heterocycles. The van der Waals surface area contributed by atoms with Crippen molar-refractivity contribution in [2.45, 2.75) is 12.5 Å². The molecule has 1 aromatic heterocycles. The van der Waals surface area contributed by atoms with Gasteiger partial charge in [0.15, 0.2) is 9.84 Å². The zero-order valence-electron chi connectivity index (χ0n) is 11.5. The van der Waals surface area contributed by atoms with Gasteiger partial charge in [0.25, 0.3) is 5.91 Å². The van der Waals surface area contributed by atoms with Crippen LogP contribution < -0.4 is 5.32 Å². The summed E-state index contributed by atoms with van der Waals surface area (Å²) in [4.78, 5) is 12.3. The van der Waals surface area contributed by atoms with Gasteiger partial charge in [-0.2, -0.15) is 0 Å². The molecule has 21 heavy (non-hydrogen) atoms. The average molecular weight is 310 g/mol. The number of benzene rings is 1. The van der Waals surface area contributed by atoms with E-state index in [0.717, 1.165) is 5.39 Å². The van der Waals surface area contributed by atoms with Gasteiger partial charge in [0.05, 0.1) is 17.0 Å². The van der Waals surface area contributed by atoms with Gasteiger partial charge < -0.3 is 9.88 Å². The lowest BCUT2D eigenvalue weighted by Gasteiger charge is -2.11. The number of aryl methyl sites for hydroxylation is 1. The third-order valence-electron chi connectivity index (χ3n) is 3.81. The molecule has 0 spiro atoms. The van der Waals surface area contributed by atoms with Gasteiger partial charge in [0, 0.05) is 18.5 Å². The van der Waals surface area contributed by atoms with Gasteiger partial charge in [-0.25, -0.2) is 12.8 Å². The van der Waals surface area contributed by atoms with Gasteiger partial charge in [-0.3, -0.25) is 4.79 Å². The van der Waals surface area contributed by atoms with E-state index in [1.165, 1.54) is 12.1 Å². The van der Waals surface area contributed by atoms with Crippen molar-refractivity contribution >= 4 is 26.6 Å². The highest BCUT2D eigenvalue weighted by atomic mass is 32.2. The fourth-order valence-electron chi connectivity index (χ4n) is 2.69. The van der Waals surface area contributed by atoms with E-state index in [-0.39, 0.29) is 29.3 Å². The molecule has 0 aliphatic carbocycles. The summed E-state index contributed by atoms with van der Waals surface area (Å²) in [6.45, 7) is 0. The minimum Gasteiger partial charge on any atom is -0.347 e. The molecule has 0 saturated carbocycles. The lowest BCUT2D eigenvalue weighted by molar-refractivity contribution is 0.0933. The molecule has 5 nitrogen and oxygen atoms in total. The Kier molecular flexibility index (Phi) is 3.24. The van der Waals surface area contributed by atoms with E-state index in [1.54, 1.807) is 23.7 Å². The number of sulfone groups is 1. The van der Waals surface area contributed by atoms with Crippen molar-refractivity contribution < 1.29 is 17.6 Å². The van der Waals surface area contributed by atoms with Gasteiger partial charge in [-0.1, -0.05) is 0 Å². The third-order valence-corrected chi connectivity index (χ3v) is 5.58. The maximum Gasteiger partial charge on any atom is 0.268 e. The minimum absolute atomic E-state index is 0.0166. The zero-order valence-corrected chi connectivity index (χ0v) is 12.3. The number of rotatable bonds is 2. The molecule has 1 fully saturated rings. The van der Waals surface area contributed by atoms with Crippen molar-refractivity contribution in [3.63, 3.8) is 0 Å². The molecule has 1 unspecified atom stereocenters. The van der Waals surface area contributed by atoms with E-state index < -0.39 is 9.84 Å². The van der Waals surface area contributed by atoms with Crippen LogP contribution in [0.25, 0.3) is 10.9 Å². The molecule has 3 rings (SSSR count). The van der Waals surface area contributed by atoms with E-state index in [0.29, 0.717) is 17.6 Å². The number of nitrogens with one attached hydrogen (secondary N) is 1. The molecule has 2 heterocycles. The lowest BCUT2D eigenvalue weighted by Crippen LogP contribution is -2.36. The molecular formula is C14H15FN2O3S. The molecule has 1 amide bonds. The van der Waals surface area contributed by atoms with E-state index in [9.17, 15) is 17.6 Å². The Hall–Kier alpha value is -1.89. The standard InChI is InChI=1S/C14H15FN2O3S/c1-17-12-7-10(15)3-2-9(12)6-13(17)14(18)16-11-4-5-21(19,20)8-11/h2-3,6-7,11H,4-5,8H2,1H3,(H,16,18). The molecule has 0 bridgehead atoms. The van der Waals surface area contributed by atoms with Crippen LogP contribution in [-0.4, -0.2) is 36.4 Å². The molecule has 1 N–H and O–H groups in total. The van der Waals surface area contributed by atoms with Gasteiger partial charge in [-0.05, 0) is 30.7 Å². The van der Waals surface area contributed by atoms with Crippen molar-refractivity contribution in [3.8, 4) is 0 Å². The first kappa shape index (κ1) is 14.1. The smallest absolute Gasteiger partial charge is 0.268 e. The van der Waals surface area contributed by atoms with Crippen molar-refractivity contribution in [3.05, 3.63) is 35.8 Å². The first-order valence-corrected chi connectivity index (χ1v) is 8.44. The highest BCUT2D eigenvalue weighted by molar-refractivity contribution is 7.91. The summed E-state index contributed by atoms with van der Waals surface area (Å²) >= 11 is 0. The van der Waals surface area contributed by atoms with Crippen LogP contribution in [0.3, 0.4) is 0 Å². The molecule has 1 aromatic carbocycles. The highest BCUT2D eigenvalue weighted by Gasteiger charge is 2.29. The monoisotopic (exact) mass is 310 g/mol. The van der Waals surface area contributed by atoms with Crippen LogP contribution >= 0.6 is 0 Å². The molecule has 1 saturated heterocycles. The fraction of sp³-hybridized carbons (Fsp3) is 0.357. The summed E-state index contributed by atoms with van der Waals surface area (Å²) in [6.07, 6.45) is 0.437. The summed E-state index contributed by atoms with van der Waals surface area (Å²) < 4.78 is 37.7. The Morgan fingerprint density at radius 1 is 1.38 bits per heavy atom. The zero-order chi connectivity index (χ0) is 15.2. The molecule has 0 radical (unpaired) electrons. The molecule has 7 heteroatoms. The lowest BCUT2D eigenvalue weighted by atomic mass is 10.2. The summed E-state index contributed by atoms with van der Waals surface area (Å²) in [5, 5.41) is 3.50. The summed E-state index contributed by atoms with van der Waals surface area (Å²) in [6, 6.07) is 5.65. The van der Waals surface area contributed by atoms with Gasteiger partial charge >= 0.3 is 0 Å². The Bertz CT molecular complexity index is 826. The van der Waals surface area contributed by atoms with E-state index in [4.69, 9.17) is 0 Å². The van der Waals surface area contributed by atoms with Crippen molar-refractivity contribution in [1.82, 2.24) is 9.88 Å². The molecular weight excluding hydrogens is 295 g/mol. The van der Waals surface area contributed by atoms with E-state index in [1.807, 2.05) is 0 Å².